The maximum atomic E-state index is 11.3. The molecule has 0 radical (unpaired) electrons. The molecule has 1 aliphatic heterocycles. The van der Waals surface area contributed by atoms with Crippen molar-refractivity contribution in [3.05, 3.63) is 0 Å². The molecule has 1 fully saturated rings. The highest BCUT2D eigenvalue weighted by atomic mass is 35.5. The number of carboxylic acids is 1. The summed E-state index contributed by atoms with van der Waals surface area (Å²) in [7, 11) is 0. The van der Waals surface area contributed by atoms with E-state index >= 15 is 0 Å². The lowest BCUT2D eigenvalue weighted by molar-refractivity contribution is -0.148. The van der Waals surface area contributed by atoms with Gasteiger partial charge in [0.05, 0.1) is 6.04 Å². The fourth-order valence-electron chi connectivity index (χ4n) is 1.63. The number of amides is 1. The minimum Gasteiger partial charge on any atom is -0.480 e. The van der Waals surface area contributed by atoms with E-state index in [2.05, 4.69) is 5.92 Å². The van der Waals surface area contributed by atoms with Crippen LogP contribution in [-0.4, -0.2) is 39.8 Å². The molecular formula is C9H10ClNO3. The summed E-state index contributed by atoms with van der Waals surface area (Å²) in [6, 6.07) is -1.25. The van der Waals surface area contributed by atoms with Gasteiger partial charge in [0.15, 0.2) is 0 Å². The molecule has 0 spiro atoms. The highest BCUT2D eigenvalue weighted by Gasteiger charge is 2.39. The maximum Gasteiger partial charge on any atom is 0.326 e. The van der Waals surface area contributed by atoms with Crippen molar-refractivity contribution in [3.63, 3.8) is 0 Å². The fourth-order valence-corrected chi connectivity index (χ4v) is 1.77. The van der Waals surface area contributed by atoms with Gasteiger partial charge < -0.3 is 10.0 Å². The third-order valence-electron chi connectivity index (χ3n) is 2.26. The summed E-state index contributed by atoms with van der Waals surface area (Å²) in [5, 5.41) is 8.84. The van der Waals surface area contributed by atoms with Crippen LogP contribution in [0.15, 0.2) is 0 Å². The van der Waals surface area contributed by atoms with Crippen LogP contribution in [0, 0.1) is 12.3 Å². The van der Waals surface area contributed by atoms with Crippen molar-refractivity contribution in [3.8, 4) is 12.3 Å². The molecule has 14 heavy (non-hydrogen) atoms. The van der Waals surface area contributed by atoms with Gasteiger partial charge >= 0.3 is 5.97 Å². The number of likely N-dealkylation sites (tertiary alicyclic amines) is 1. The Morgan fingerprint density at radius 2 is 2.21 bits per heavy atom. The molecule has 1 N–H and O–H groups in total. The molecule has 0 saturated carbocycles. The Bertz CT molecular complexity index is 297. The van der Waals surface area contributed by atoms with E-state index in [0.717, 1.165) is 0 Å². The zero-order chi connectivity index (χ0) is 10.7. The average molecular weight is 216 g/mol. The quantitative estimate of drug-likeness (QED) is 0.533. The zero-order valence-corrected chi connectivity index (χ0v) is 8.20. The van der Waals surface area contributed by atoms with Gasteiger partial charge in [0.25, 0.3) is 0 Å². The number of carboxylic acid groups (broad SMARTS) is 1. The van der Waals surface area contributed by atoms with Crippen molar-refractivity contribution in [2.45, 2.75) is 24.9 Å². The molecule has 1 heterocycles. The van der Waals surface area contributed by atoms with E-state index in [-0.39, 0.29) is 5.88 Å². The molecule has 0 aliphatic carbocycles. The molecule has 0 aromatic carbocycles. The second-order valence-electron chi connectivity index (χ2n) is 3.05. The van der Waals surface area contributed by atoms with Gasteiger partial charge in [-0.05, 0) is 12.8 Å². The van der Waals surface area contributed by atoms with Crippen LogP contribution in [0.4, 0.5) is 0 Å². The van der Waals surface area contributed by atoms with E-state index in [1.54, 1.807) is 0 Å². The van der Waals surface area contributed by atoms with Gasteiger partial charge in [0.2, 0.25) is 5.91 Å². The SMILES string of the molecule is C#CC1CC[C@@H](C(=O)O)N1C(=O)CCl. The molecule has 5 heteroatoms. The van der Waals surface area contributed by atoms with E-state index in [4.69, 9.17) is 23.1 Å². The number of aliphatic carboxylic acids is 1. The summed E-state index contributed by atoms with van der Waals surface area (Å²) >= 11 is 5.37. The lowest BCUT2D eigenvalue weighted by Crippen LogP contribution is -2.45. The van der Waals surface area contributed by atoms with Crippen molar-refractivity contribution >= 4 is 23.5 Å². The number of carbonyl (C=O) groups is 2. The second-order valence-corrected chi connectivity index (χ2v) is 3.32. The van der Waals surface area contributed by atoms with Gasteiger partial charge in [-0.25, -0.2) is 4.79 Å². The Balaban J connectivity index is 2.87. The van der Waals surface area contributed by atoms with E-state index in [1.165, 1.54) is 4.90 Å². The summed E-state index contributed by atoms with van der Waals surface area (Å²) in [6.07, 6.45) is 6.12. The molecule has 0 aromatic heterocycles. The van der Waals surface area contributed by atoms with Crippen molar-refractivity contribution in [1.82, 2.24) is 4.90 Å². The topological polar surface area (TPSA) is 57.6 Å². The molecule has 2 atom stereocenters. The van der Waals surface area contributed by atoms with E-state index < -0.39 is 24.0 Å². The molecule has 4 nitrogen and oxygen atoms in total. The number of hydrogen-bond donors (Lipinski definition) is 1. The lowest BCUT2D eigenvalue weighted by atomic mass is 10.2. The van der Waals surface area contributed by atoms with E-state index in [9.17, 15) is 9.59 Å². The Kier molecular flexibility index (Phi) is 3.37. The molecule has 1 aliphatic rings. The minimum atomic E-state index is -1.03. The molecule has 76 valence electrons. The molecule has 1 rings (SSSR count). The van der Waals surface area contributed by atoms with Crippen LogP contribution in [0.5, 0.6) is 0 Å². The average Bonchev–Trinajstić information content (AvgIpc) is 2.59. The number of nitrogens with zero attached hydrogens (tertiary/aromatic N) is 1. The van der Waals surface area contributed by atoms with Crippen molar-refractivity contribution in [1.29, 1.82) is 0 Å². The van der Waals surface area contributed by atoms with E-state index in [0.29, 0.717) is 12.8 Å². The first-order valence-corrected chi connectivity index (χ1v) is 4.71. The highest BCUT2D eigenvalue weighted by molar-refractivity contribution is 6.27. The van der Waals surface area contributed by atoms with Gasteiger partial charge in [-0.1, -0.05) is 5.92 Å². The van der Waals surface area contributed by atoms with Crippen LogP contribution < -0.4 is 0 Å². The third kappa shape index (κ3) is 1.83. The molecule has 0 aromatic rings. The number of terminal acetylenes is 1. The molecule has 0 bridgehead atoms. The first kappa shape index (κ1) is 10.9. The summed E-state index contributed by atoms with van der Waals surface area (Å²) < 4.78 is 0. The van der Waals surface area contributed by atoms with E-state index in [1.807, 2.05) is 0 Å². The Morgan fingerprint density at radius 3 is 2.64 bits per heavy atom. The summed E-state index contributed by atoms with van der Waals surface area (Å²) in [6.45, 7) is 0. The summed E-state index contributed by atoms with van der Waals surface area (Å²) in [5.41, 5.74) is 0. The van der Waals surface area contributed by atoms with Gasteiger partial charge in [-0.15, -0.1) is 18.0 Å². The monoisotopic (exact) mass is 215 g/mol. The van der Waals surface area contributed by atoms with Crippen LogP contribution in [0.2, 0.25) is 0 Å². The number of carbonyl (C=O) groups excluding carboxylic acids is 1. The van der Waals surface area contributed by atoms with Crippen LogP contribution >= 0.6 is 11.6 Å². The third-order valence-corrected chi connectivity index (χ3v) is 2.49. The normalized spacial score (nSPS) is 25.9. The fraction of sp³-hybridized carbons (Fsp3) is 0.556. The van der Waals surface area contributed by atoms with Crippen molar-refractivity contribution < 1.29 is 14.7 Å². The lowest BCUT2D eigenvalue weighted by Gasteiger charge is -2.24. The number of alkyl halides is 1. The van der Waals surface area contributed by atoms with Crippen LogP contribution in [0.3, 0.4) is 0 Å². The first-order valence-electron chi connectivity index (χ1n) is 4.18. The van der Waals surface area contributed by atoms with Gasteiger partial charge in [0.1, 0.15) is 11.9 Å². The Morgan fingerprint density at radius 1 is 1.57 bits per heavy atom. The van der Waals surface area contributed by atoms with Crippen LogP contribution in [-0.2, 0) is 9.59 Å². The van der Waals surface area contributed by atoms with Gasteiger partial charge in [0, 0.05) is 0 Å². The van der Waals surface area contributed by atoms with Crippen LogP contribution in [0.25, 0.3) is 0 Å². The molecular weight excluding hydrogens is 206 g/mol. The number of hydrogen-bond acceptors (Lipinski definition) is 2. The summed E-state index contributed by atoms with van der Waals surface area (Å²) in [5.74, 6) is 0.719. The molecule has 1 saturated heterocycles. The number of rotatable bonds is 2. The molecule has 1 amide bonds. The summed E-state index contributed by atoms with van der Waals surface area (Å²) in [4.78, 5) is 23.3. The van der Waals surface area contributed by atoms with Crippen molar-refractivity contribution in [2.24, 2.45) is 0 Å². The predicted molar refractivity (Wildman–Crippen MR) is 50.8 cm³/mol. The van der Waals surface area contributed by atoms with Crippen molar-refractivity contribution in [2.75, 3.05) is 5.88 Å². The molecule has 1 unspecified atom stereocenters. The maximum absolute atomic E-state index is 11.3. The Labute approximate surface area is 86.8 Å². The van der Waals surface area contributed by atoms with Crippen LogP contribution in [0.1, 0.15) is 12.8 Å². The predicted octanol–water partition coefficient (Wildman–Crippen LogP) is 0.303. The number of halogens is 1. The highest BCUT2D eigenvalue weighted by Crippen LogP contribution is 2.24. The standard InChI is InChI=1S/C9H10ClNO3/c1-2-6-3-4-7(9(13)14)11(6)8(12)5-10/h1,6-7H,3-5H2,(H,13,14)/t6?,7-/m0/s1. The smallest absolute Gasteiger partial charge is 0.326 e. The second kappa shape index (κ2) is 4.34. The van der Waals surface area contributed by atoms with Gasteiger partial charge in [-0.2, -0.15) is 0 Å². The Hall–Kier alpha value is -1.21. The zero-order valence-electron chi connectivity index (χ0n) is 7.44. The minimum absolute atomic E-state index is 0.234. The largest absolute Gasteiger partial charge is 0.480 e. The van der Waals surface area contributed by atoms with Gasteiger partial charge in [-0.3, -0.25) is 4.79 Å². The first-order chi connectivity index (χ1) is 6.61.